The van der Waals surface area contributed by atoms with Crippen LogP contribution in [-0.4, -0.2) is 114 Å². The Balaban J connectivity index is 2.49. The maximum absolute atomic E-state index is 13.9. The number of hydrogen-bond donors (Lipinski definition) is 4. The highest BCUT2D eigenvalue weighted by atomic mass is 16.7. The summed E-state index contributed by atoms with van der Waals surface area (Å²) in [5, 5.41) is 50.2. The van der Waals surface area contributed by atoms with Crippen molar-refractivity contribution in [3.63, 3.8) is 0 Å². The van der Waals surface area contributed by atoms with Gasteiger partial charge in [-0.1, -0.05) is 46.2 Å². The summed E-state index contributed by atoms with van der Waals surface area (Å²) in [4.78, 5) is 19.4. The van der Waals surface area contributed by atoms with E-state index in [9.17, 15) is 25.2 Å². The monoisotopic (exact) mass is 661 g/mol. The van der Waals surface area contributed by atoms with Gasteiger partial charge in [-0.05, 0) is 52.4 Å². The molecule has 2 fully saturated rings. The first-order valence-electron chi connectivity index (χ1n) is 16.8. The van der Waals surface area contributed by atoms with E-state index in [1.165, 1.54) is 7.11 Å². The average Bonchev–Trinajstić information content (AvgIpc) is 2.98. The van der Waals surface area contributed by atoms with Gasteiger partial charge in [0, 0.05) is 44.8 Å². The molecule has 4 N–H and O–H groups in total. The topological polar surface area (TPSA) is 166 Å². The third kappa shape index (κ3) is 10.4. The van der Waals surface area contributed by atoms with E-state index < -0.39 is 65.3 Å². The number of methoxy groups -OCH3 is 2. The van der Waals surface area contributed by atoms with Gasteiger partial charge in [-0.15, -0.1) is 0 Å². The lowest BCUT2D eigenvalue weighted by Crippen LogP contribution is -2.57. The highest BCUT2D eigenvalue weighted by Gasteiger charge is 2.49. The number of nitrogens with zero attached hydrogens (tertiary/aromatic N) is 1. The second-order valence-electron chi connectivity index (χ2n) is 14.5. The Hall–Kier alpha value is -1.22. The second-order valence-corrected chi connectivity index (χ2v) is 14.5. The van der Waals surface area contributed by atoms with Gasteiger partial charge in [-0.3, -0.25) is 4.79 Å². The van der Waals surface area contributed by atoms with E-state index in [-0.39, 0.29) is 43.7 Å². The Bertz CT molecular complexity index is 975. The summed E-state index contributed by atoms with van der Waals surface area (Å²) in [5.74, 6) is -2.61. The number of Topliss-reactive ketones (excluding diaryl/α,β-unsaturated/α-hetero) is 1. The van der Waals surface area contributed by atoms with Crippen LogP contribution in [0.2, 0.25) is 0 Å². The smallest absolute Gasteiger partial charge is 0.216 e. The van der Waals surface area contributed by atoms with E-state index in [1.807, 2.05) is 20.8 Å². The third-order valence-corrected chi connectivity index (χ3v) is 10.4. The molecule has 0 bridgehead atoms. The second kappa shape index (κ2) is 17.4. The van der Waals surface area contributed by atoms with Gasteiger partial charge in [-0.25, -0.2) is 0 Å². The quantitative estimate of drug-likeness (QED) is 0.154. The van der Waals surface area contributed by atoms with Crippen molar-refractivity contribution in [2.75, 3.05) is 34.2 Å². The van der Waals surface area contributed by atoms with E-state index in [1.54, 1.807) is 48.7 Å². The van der Waals surface area contributed by atoms with E-state index >= 15 is 0 Å². The van der Waals surface area contributed by atoms with Gasteiger partial charge in [0.2, 0.25) is 6.79 Å². The fraction of sp³-hybridized carbons (Fsp3) is 0.941. The zero-order valence-electron chi connectivity index (χ0n) is 30.0. The summed E-state index contributed by atoms with van der Waals surface area (Å²) in [5.41, 5.74) is -3.31. The fourth-order valence-corrected chi connectivity index (χ4v) is 7.42. The Morgan fingerprint density at radius 2 is 1.59 bits per heavy atom. The summed E-state index contributed by atoms with van der Waals surface area (Å²) in [6, 6.07) is 0. The van der Waals surface area contributed by atoms with Crippen LogP contribution in [0.3, 0.4) is 0 Å². The van der Waals surface area contributed by atoms with Crippen LogP contribution in [0.25, 0.3) is 0 Å². The molecule has 1 saturated carbocycles. The number of ketones is 1. The van der Waals surface area contributed by atoms with Crippen molar-refractivity contribution < 1.29 is 53.7 Å². The first kappa shape index (κ1) is 41.0. The Morgan fingerprint density at radius 1 is 0.935 bits per heavy atom. The molecule has 1 heterocycles. The van der Waals surface area contributed by atoms with Crippen molar-refractivity contribution >= 4 is 11.5 Å². The predicted octanol–water partition coefficient (Wildman–Crippen LogP) is 3.45. The zero-order chi connectivity index (χ0) is 35.0. The molecule has 46 heavy (non-hydrogen) atoms. The molecular formula is C34H63NO11. The number of carbonyl (C=O) groups excluding carboxylic acids is 1. The molecule has 270 valence electrons. The lowest BCUT2D eigenvalue weighted by Gasteiger charge is -2.46. The molecule has 12 heteroatoms. The van der Waals surface area contributed by atoms with Crippen LogP contribution < -0.4 is 0 Å². The van der Waals surface area contributed by atoms with Gasteiger partial charge < -0.3 is 48.9 Å². The van der Waals surface area contributed by atoms with Crippen LogP contribution in [0.5, 0.6) is 0 Å². The molecule has 1 saturated heterocycles. The van der Waals surface area contributed by atoms with Crippen molar-refractivity contribution in [3.05, 3.63) is 0 Å². The minimum absolute atomic E-state index is 0.0136. The summed E-state index contributed by atoms with van der Waals surface area (Å²) in [6.07, 6.45) is -2.86. The number of aliphatic hydroxyl groups is 4. The van der Waals surface area contributed by atoms with Crippen LogP contribution in [0.4, 0.5) is 0 Å². The van der Waals surface area contributed by atoms with Gasteiger partial charge in [0.25, 0.3) is 0 Å². The predicted molar refractivity (Wildman–Crippen MR) is 173 cm³/mol. The van der Waals surface area contributed by atoms with Crippen LogP contribution >= 0.6 is 0 Å². The number of ether oxygens (including phenoxy) is 5. The van der Waals surface area contributed by atoms with Crippen LogP contribution in [0, 0.1) is 29.6 Å². The first-order chi connectivity index (χ1) is 21.3. The van der Waals surface area contributed by atoms with Gasteiger partial charge in [0.1, 0.15) is 11.9 Å². The summed E-state index contributed by atoms with van der Waals surface area (Å²) in [7, 11) is 3.11. The van der Waals surface area contributed by atoms with E-state index in [0.717, 1.165) is 0 Å². The van der Waals surface area contributed by atoms with Crippen LogP contribution in [-0.2, 0) is 33.3 Å². The van der Waals surface area contributed by atoms with Gasteiger partial charge in [0.05, 0.1) is 54.0 Å². The Kier molecular flexibility index (Phi) is 15.5. The minimum Gasteiger partial charge on any atom is -0.390 e. The first-order valence-corrected chi connectivity index (χ1v) is 16.8. The van der Waals surface area contributed by atoms with Crippen molar-refractivity contribution in [3.8, 4) is 0 Å². The summed E-state index contributed by atoms with van der Waals surface area (Å²) < 4.78 is 28.7. The molecular weight excluding hydrogens is 598 g/mol. The molecule has 1 aliphatic heterocycles. The molecule has 0 aromatic heterocycles. The number of aliphatic hydroxyl groups excluding tert-OH is 2. The van der Waals surface area contributed by atoms with Crippen molar-refractivity contribution in [2.24, 2.45) is 34.7 Å². The number of carbonyl (C=O) groups is 1. The normalized spacial score (nSPS) is 44.6. The Labute approximate surface area is 276 Å². The van der Waals surface area contributed by atoms with Crippen molar-refractivity contribution in [1.29, 1.82) is 0 Å². The lowest BCUT2D eigenvalue weighted by molar-refractivity contribution is -0.295. The van der Waals surface area contributed by atoms with E-state index in [0.29, 0.717) is 31.8 Å². The molecule has 1 aliphatic carbocycles. The van der Waals surface area contributed by atoms with Crippen molar-refractivity contribution in [1.82, 2.24) is 0 Å². The molecule has 2 aliphatic rings. The highest BCUT2D eigenvalue weighted by Crippen LogP contribution is 2.39. The molecule has 0 aromatic carbocycles. The number of rotatable bonds is 10. The average molecular weight is 662 g/mol. The van der Waals surface area contributed by atoms with Gasteiger partial charge in [-0.2, -0.15) is 0 Å². The molecule has 13 atom stereocenters. The van der Waals surface area contributed by atoms with Crippen molar-refractivity contribution in [2.45, 2.75) is 142 Å². The van der Waals surface area contributed by atoms with E-state index in [2.05, 4.69) is 5.16 Å². The largest absolute Gasteiger partial charge is 0.390 e. The molecule has 0 radical (unpaired) electrons. The zero-order valence-corrected chi connectivity index (χ0v) is 30.0. The SMILES string of the molecule is CC[C@H]1CC(=O)[C@H](C)[C@@H](O[C@H]2C[C@@](C)(OC)[C@@H](O)[C@H](C)O2)[C@H](C)C[C@](C)(O)C[C@@H](C)/C(=N\OCOCCOC)C(C)C(O)[C@]1(C)O. The maximum atomic E-state index is 13.9. The van der Waals surface area contributed by atoms with Gasteiger partial charge in [0.15, 0.2) is 6.29 Å². The minimum atomic E-state index is -1.65. The third-order valence-electron chi connectivity index (χ3n) is 10.4. The maximum Gasteiger partial charge on any atom is 0.216 e. The Morgan fingerprint density at radius 3 is 2.17 bits per heavy atom. The molecule has 2 unspecified atom stereocenters. The molecule has 0 amide bonds. The van der Waals surface area contributed by atoms with Crippen LogP contribution in [0.15, 0.2) is 5.16 Å². The van der Waals surface area contributed by atoms with Gasteiger partial charge >= 0.3 is 0 Å². The highest BCUT2D eigenvalue weighted by molar-refractivity contribution is 5.89. The molecule has 12 nitrogen and oxygen atoms in total. The molecule has 0 spiro atoms. The number of oxime groups is 1. The molecule has 2 rings (SSSR count). The van der Waals surface area contributed by atoms with E-state index in [4.69, 9.17) is 28.5 Å². The summed E-state index contributed by atoms with van der Waals surface area (Å²) >= 11 is 0. The standard InChI is InChI=1S/C34H63NO11/c1-12-25-15-26(36)22(4)29(46-27-18-33(8,42-11)31(38)24(6)45-27)21(3)17-32(7,39)16-20(2)28(23(5)30(37)34(25,9)40)35-44-19-43-14-13-41-10/h20-25,27,29-31,37-40H,12-19H2,1-11H3/b35-28+/t20-,21-,22+,23?,24+,25+,27+,29+,30?,31+,32-,33-,34-/m1/s1. The number of hydrogen-bond acceptors (Lipinski definition) is 12. The van der Waals surface area contributed by atoms with Crippen LogP contribution in [0.1, 0.15) is 94.4 Å². The summed E-state index contributed by atoms with van der Waals surface area (Å²) in [6.45, 7) is 16.8. The fourth-order valence-electron chi connectivity index (χ4n) is 7.42. The molecule has 0 aromatic rings. The lowest BCUT2D eigenvalue weighted by atomic mass is 9.70.